The lowest BCUT2D eigenvalue weighted by atomic mass is 9.99. The second-order valence-electron chi connectivity index (χ2n) is 5.04. The lowest BCUT2D eigenvalue weighted by Gasteiger charge is -2.35. The van der Waals surface area contributed by atoms with Crippen LogP contribution in [0.2, 0.25) is 0 Å². The maximum absolute atomic E-state index is 11.8. The van der Waals surface area contributed by atoms with Gasteiger partial charge in [-0.3, -0.25) is 14.5 Å². The molecule has 0 aromatic rings. The van der Waals surface area contributed by atoms with E-state index >= 15 is 0 Å². The van der Waals surface area contributed by atoms with Gasteiger partial charge in [-0.05, 0) is 38.8 Å². The SMILES string of the molecule is NCCC1CCCCN1CC(=O)NCCCC(=O)O. The van der Waals surface area contributed by atoms with E-state index in [-0.39, 0.29) is 12.3 Å². The van der Waals surface area contributed by atoms with E-state index in [9.17, 15) is 9.59 Å². The highest BCUT2D eigenvalue weighted by atomic mass is 16.4. The van der Waals surface area contributed by atoms with Crippen molar-refractivity contribution in [2.75, 3.05) is 26.2 Å². The Bertz CT molecular complexity index is 295. The van der Waals surface area contributed by atoms with Gasteiger partial charge in [-0.2, -0.15) is 0 Å². The van der Waals surface area contributed by atoms with Gasteiger partial charge in [0, 0.05) is 19.0 Å². The number of nitrogens with two attached hydrogens (primary N) is 1. The molecule has 1 fully saturated rings. The van der Waals surface area contributed by atoms with Gasteiger partial charge in [0.1, 0.15) is 0 Å². The zero-order chi connectivity index (χ0) is 14.1. The van der Waals surface area contributed by atoms with Gasteiger partial charge in [0.05, 0.1) is 6.54 Å². The van der Waals surface area contributed by atoms with E-state index in [0.717, 1.165) is 25.8 Å². The number of rotatable bonds is 8. The number of likely N-dealkylation sites (tertiary alicyclic amines) is 1. The Morgan fingerprint density at radius 1 is 1.37 bits per heavy atom. The summed E-state index contributed by atoms with van der Waals surface area (Å²) in [4.78, 5) is 24.3. The van der Waals surface area contributed by atoms with Crippen LogP contribution in [0.25, 0.3) is 0 Å². The number of nitrogens with zero attached hydrogens (tertiary/aromatic N) is 1. The number of carbonyl (C=O) groups is 2. The maximum atomic E-state index is 11.8. The highest BCUT2D eigenvalue weighted by Crippen LogP contribution is 2.18. The van der Waals surface area contributed by atoms with Crippen molar-refractivity contribution >= 4 is 11.9 Å². The summed E-state index contributed by atoms with van der Waals surface area (Å²) in [6.07, 6.45) is 4.97. The van der Waals surface area contributed by atoms with Gasteiger partial charge in [0.15, 0.2) is 0 Å². The molecule has 0 aliphatic carbocycles. The van der Waals surface area contributed by atoms with Crippen molar-refractivity contribution in [2.45, 2.75) is 44.6 Å². The minimum absolute atomic E-state index is 0.0192. The number of piperidine rings is 1. The summed E-state index contributed by atoms with van der Waals surface area (Å²) in [6.45, 7) is 2.44. The molecule has 6 nitrogen and oxygen atoms in total. The second kappa shape index (κ2) is 8.87. The molecule has 1 saturated heterocycles. The molecule has 0 radical (unpaired) electrons. The van der Waals surface area contributed by atoms with Crippen LogP contribution >= 0.6 is 0 Å². The molecular formula is C13H25N3O3. The van der Waals surface area contributed by atoms with E-state index in [2.05, 4.69) is 10.2 Å². The highest BCUT2D eigenvalue weighted by molar-refractivity contribution is 5.78. The summed E-state index contributed by atoms with van der Waals surface area (Å²) >= 11 is 0. The van der Waals surface area contributed by atoms with Crippen LogP contribution in [0, 0.1) is 0 Å². The number of hydrogen-bond acceptors (Lipinski definition) is 4. The van der Waals surface area contributed by atoms with Crippen molar-refractivity contribution in [3.8, 4) is 0 Å². The minimum Gasteiger partial charge on any atom is -0.481 e. The van der Waals surface area contributed by atoms with Gasteiger partial charge in [0.2, 0.25) is 5.91 Å². The number of nitrogens with one attached hydrogen (secondary N) is 1. The smallest absolute Gasteiger partial charge is 0.303 e. The van der Waals surface area contributed by atoms with Gasteiger partial charge in [0.25, 0.3) is 0 Å². The fraction of sp³-hybridized carbons (Fsp3) is 0.846. The van der Waals surface area contributed by atoms with Gasteiger partial charge in [-0.1, -0.05) is 6.42 Å². The zero-order valence-corrected chi connectivity index (χ0v) is 11.4. The molecule has 1 amide bonds. The van der Waals surface area contributed by atoms with Gasteiger partial charge < -0.3 is 16.2 Å². The molecule has 0 saturated carbocycles. The van der Waals surface area contributed by atoms with Crippen molar-refractivity contribution in [1.82, 2.24) is 10.2 Å². The van der Waals surface area contributed by atoms with Gasteiger partial charge in [-0.15, -0.1) is 0 Å². The fourth-order valence-electron chi connectivity index (χ4n) is 2.50. The summed E-state index contributed by atoms with van der Waals surface area (Å²) in [6, 6.07) is 0.420. The summed E-state index contributed by atoms with van der Waals surface area (Å²) < 4.78 is 0. The molecule has 1 heterocycles. The second-order valence-corrected chi connectivity index (χ2v) is 5.04. The van der Waals surface area contributed by atoms with Crippen LogP contribution < -0.4 is 11.1 Å². The number of aliphatic carboxylic acids is 1. The summed E-state index contributed by atoms with van der Waals surface area (Å²) in [5.74, 6) is -0.845. The molecule has 0 aromatic carbocycles. The van der Waals surface area contributed by atoms with Crippen molar-refractivity contribution < 1.29 is 14.7 Å². The average Bonchev–Trinajstić information content (AvgIpc) is 2.37. The first-order valence-electron chi connectivity index (χ1n) is 7.06. The van der Waals surface area contributed by atoms with Gasteiger partial charge >= 0.3 is 5.97 Å². The van der Waals surface area contributed by atoms with Crippen molar-refractivity contribution in [1.29, 1.82) is 0 Å². The van der Waals surface area contributed by atoms with Crippen LogP contribution in [-0.2, 0) is 9.59 Å². The Kier molecular flexibility index (Phi) is 7.43. The van der Waals surface area contributed by atoms with E-state index in [0.29, 0.717) is 32.1 Å². The lowest BCUT2D eigenvalue weighted by molar-refractivity contribution is -0.137. The molecule has 1 aliphatic rings. The zero-order valence-electron chi connectivity index (χ0n) is 11.4. The molecule has 0 aromatic heterocycles. The van der Waals surface area contributed by atoms with E-state index in [1.165, 1.54) is 6.42 Å². The fourth-order valence-corrected chi connectivity index (χ4v) is 2.50. The van der Waals surface area contributed by atoms with Crippen LogP contribution in [0.15, 0.2) is 0 Å². The predicted octanol–water partition coefficient (Wildman–Crippen LogP) is 0.171. The number of amides is 1. The van der Waals surface area contributed by atoms with Crippen LogP contribution in [-0.4, -0.2) is 54.1 Å². The van der Waals surface area contributed by atoms with E-state index < -0.39 is 5.97 Å². The first-order valence-corrected chi connectivity index (χ1v) is 7.06. The monoisotopic (exact) mass is 271 g/mol. The van der Waals surface area contributed by atoms with Crippen LogP contribution in [0.3, 0.4) is 0 Å². The standard InChI is InChI=1S/C13H25N3O3/c14-7-6-11-4-1-2-9-16(11)10-12(17)15-8-3-5-13(18)19/h11H,1-10,14H2,(H,15,17)(H,18,19). The molecule has 0 bridgehead atoms. The molecule has 6 heteroatoms. The van der Waals surface area contributed by atoms with Crippen LogP contribution in [0.1, 0.15) is 38.5 Å². The molecule has 1 atom stereocenters. The van der Waals surface area contributed by atoms with Crippen molar-refractivity contribution in [2.24, 2.45) is 5.73 Å². The lowest BCUT2D eigenvalue weighted by Crippen LogP contribution is -2.46. The molecule has 19 heavy (non-hydrogen) atoms. The Hall–Kier alpha value is -1.14. The van der Waals surface area contributed by atoms with Crippen LogP contribution in [0.5, 0.6) is 0 Å². The third kappa shape index (κ3) is 6.54. The van der Waals surface area contributed by atoms with Crippen molar-refractivity contribution in [3.05, 3.63) is 0 Å². The largest absolute Gasteiger partial charge is 0.481 e. The Balaban J connectivity index is 2.23. The van der Waals surface area contributed by atoms with Gasteiger partial charge in [-0.25, -0.2) is 0 Å². The number of hydrogen-bond donors (Lipinski definition) is 3. The highest BCUT2D eigenvalue weighted by Gasteiger charge is 2.23. The summed E-state index contributed by atoms with van der Waals surface area (Å²) in [7, 11) is 0. The predicted molar refractivity (Wildman–Crippen MR) is 72.8 cm³/mol. The molecule has 1 aliphatic heterocycles. The first kappa shape index (κ1) is 15.9. The minimum atomic E-state index is -0.826. The molecule has 1 rings (SSSR count). The number of carbonyl (C=O) groups excluding carboxylic acids is 1. The average molecular weight is 271 g/mol. The number of carboxylic acids is 1. The van der Waals surface area contributed by atoms with E-state index in [1.54, 1.807) is 0 Å². The molecule has 1 unspecified atom stereocenters. The topological polar surface area (TPSA) is 95.7 Å². The molecule has 0 spiro atoms. The quantitative estimate of drug-likeness (QED) is 0.547. The third-order valence-electron chi connectivity index (χ3n) is 3.49. The third-order valence-corrected chi connectivity index (χ3v) is 3.49. The Morgan fingerprint density at radius 3 is 2.84 bits per heavy atom. The molecular weight excluding hydrogens is 246 g/mol. The summed E-state index contributed by atoms with van der Waals surface area (Å²) in [5.41, 5.74) is 5.60. The normalized spacial score (nSPS) is 20.2. The van der Waals surface area contributed by atoms with E-state index in [1.807, 2.05) is 0 Å². The van der Waals surface area contributed by atoms with E-state index in [4.69, 9.17) is 10.8 Å². The van der Waals surface area contributed by atoms with Crippen LogP contribution in [0.4, 0.5) is 0 Å². The van der Waals surface area contributed by atoms with Crippen molar-refractivity contribution in [3.63, 3.8) is 0 Å². The first-order chi connectivity index (χ1) is 9.13. The Labute approximate surface area is 114 Å². The Morgan fingerprint density at radius 2 is 2.16 bits per heavy atom. The molecule has 4 N–H and O–H groups in total. The summed E-state index contributed by atoms with van der Waals surface area (Å²) in [5, 5.41) is 11.3. The number of carboxylic acid groups (broad SMARTS) is 1. The molecule has 110 valence electrons. The maximum Gasteiger partial charge on any atom is 0.303 e.